The molecule has 0 radical (unpaired) electrons. The number of hydrogen-bond donors (Lipinski definition) is 1. The number of nitrogens with zero attached hydrogens (tertiary/aromatic N) is 1. The Bertz CT molecular complexity index is 1080. The van der Waals surface area contributed by atoms with Gasteiger partial charge in [-0.15, -0.1) is 0 Å². The molecule has 0 aliphatic carbocycles. The van der Waals surface area contributed by atoms with Crippen LogP contribution in [0.5, 0.6) is 0 Å². The quantitative estimate of drug-likeness (QED) is 0.632. The summed E-state index contributed by atoms with van der Waals surface area (Å²) in [5, 5.41) is 2.99. The van der Waals surface area contributed by atoms with Crippen molar-refractivity contribution in [2.45, 2.75) is 47.1 Å². The van der Waals surface area contributed by atoms with Gasteiger partial charge in [0, 0.05) is 11.8 Å². The fraction of sp³-hybridized carbons (Fsp3) is 0.280. The Labute approximate surface area is 177 Å². The van der Waals surface area contributed by atoms with E-state index in [1.807, 2.05) is 62.4 Å². The molecule has 1 N–H and O–H groups in total. The predicted octanol–water partition coefficient (Wildman–Crippen LogP) is 4.47. The zero-order valence-electron chi connectivity index (χ0n) is 18.0. The molecule has 0 aliphatic heterocycles. The average Bonchev–Trinajstić information content (AvgIpc) is 2.74. The molecule has 156 valence electrons. The van der Waals surface area contributed by atoms with Crippen LogP contribution in [0, 0.1) is 13.8 Å². The molecule has 0 aliphatic rings. The maximum Gasteiger partial charge on any atom is 0.261 e. The molecule has 5 nitrogen and oxygen atoms in total. The van der Waals surface area contributed by atoms with Gasteiger partial charge < -0.3 is 10.2 Å². The second kappa shape index (κ2) is 9.44. The summed E-state index contributed by atoms with van der Waals surface area (Å²) in [6, 6.07) is 17.2. The van der Waals surface area contributed by atoms with E-state index in [2.05, 4.69) is 5.32 Å². The van der Waals surface area contributed by atoms with Crippen LogP contribution < -0.4 is 15.6 Å². The normalized spacial score (nSPS) is 10.7. The summed E-state index contributed by atoms with van der Waals surface area (Å²) in [7, 11) is 0. The highest BCUT2D eigenvalue weighted by atomic mass is 16.7. The fourth-order valence-electron chi connectivity index (χ4n) is 3.63. The molecule has 5 heteroatoms. The predicted molar refractivity (Wildman–Crippen MR) is 120 cm³/mol. The van der Waals surface area contributed by atoms with E-state index in [-0.39, 0.29) is 11.0 Å². The van der Waals surface area contributed by atoms with Gasteiger partial charge in [0.15, 0.2) is 5.43 Å². The number of nitrogens with one attached hydrogen (secondary N) is 1. The first kappa shape index (κ1) is 21.4. The molecule has 1 heterocycles. The van der Waals surface area contributed by atoms with Crippen LogP contribution in [-0.2, 0) is 19.4 Å². The average molecular weight is 405 g/mol. The molecule has 0 spiro atoms. The molecule has 30 heavy (non-hydrogen) atoms. The van der Waals surface area contributed by atoms with Gasteiger partial charge in [-0.2, -0.15) is 4.73 Å². The number of aryl methyl sites for hydroxylation is 3. The van der Waals surface area contributed by atoms with E-state index in [1.165, 1.54) is 6.07 Å². The maximum atomic E-state index is 13.1. The van der Waals surface area contributed by atoms with Crippen molar-refractivity contribution < 1.29 is 9.63 Å². The summed E-state index contributed by atoms with van der Waals surface area (Å²) >= 11 is 0. The van der Waals surface area contributed by atoms with Gasteiger partial charge >= 0.3 is 0 Å². The number of carbonyl (C=O) groups is 1. The Morgan fingerprint density at radius 1 is 0.967 bits per heavy atom. The van der Waals surface area contributed by atoms with Crippen molar-refractivity contribution in [3.8, 4) is 0 Å². The Kier molecular flexibility index (Phi) is 6.72. The zero-order valence-corrected chi connectivity index (χ0v) is 18.0. The number of anilines is 1. The summed E-state index contributed by atoms with van der Waals surface area (Å²) in [5.41, 5.74) is 4.82. The van der Waals surface area contributed by atoms with Gasteiger partial charge in [0.1, 0.15) is 12.2 Å². The van der Waals surface area contributed by atoms with Gasteiger partial charge in [-0.1, -0.05) is 62.4 Å². The first-order valence-electron chi connectivity index (χ1n) is 10.3. The van der Waals surface area contributed by atoms with Gasteiger partial charge in [0.2, 0.25) is 0 Å². The molecule has 0 unspecified atom stereocenters. The number of carbonyl (C=O) groups excluding carboxylic acids is 1. The Hall–Kier alpha value is -3.34. The van der Waals surface area contributed by atoms with Gasteiger partial charge in [-0.25, -0.2) is 0 Å². The number of hydrogen-bond acceptors (Lipinski definition) is 3. The van der Waals surface area contributed by atoms with E-state index >= 15 is 0 Å². The SMILES string of the molecule is CCc1cccc(CC)c1NC(=O)c1c(C)n(OCc2ccccc2)c(C)cc1=O. The summed E-state index contributed by atoms with van der Waals surface area (Å²) in [5.74, 6) is -0.412. The van der Waals surface area contributed by atoms with Crippen molar-refractivity contribution in [3.05, 3.63) is 98.5 Å². The van der Waals surface area contributed by atoms with E-state index in [1.54, 1.807) is 18.6 Å². The van der Waals surface area contributed by atoms with Crippen molar-refractivity contribution in [2.24, 2.45) is 0 Å². The van der Waals surface area contributed by atoms with Gasteiger partial charge in [0.05, 0.1) is 11.4 Å². The highest BCUT2D eigenvalue weighted by Crippen LogP contribution is 2.23. The Balaban J connectivity index is 1.94. The number of rotatable bonds is 7. The lowest BCUT2D eigenvalue weighted by atomic mass is 10.0. The molecule has 0 saturated heterocycles. The van der Waals surface area contributed by atoms with Crippen LogP contribution in [0.1, 0.15) is 52.3 Å². The molecular weight excluding hydrogens is 376 g/mol. The van der Waals surface area contributed by atoms with Crippen molar-refractivity contribution in [2.75, 3.05) is 5.32 Å². The molecule has 0 bridgehead atoms. The molecule has 3 aromatic rings. The van der Waals surface area contributed by atoms with Crippen LogP contribution in [0.4, 0.5) is 5.69 Å². The van der Waals surface area contributed by atoms with E-state index < -0.39 is 5.91 Å². The molecule has 2 aromatic carbocycles. The summed E-state index contributed by atoms with van der Waals surface area (Å²) in [6.45, 7) is 7.96. The lowest BCUT2D eigenvalue weighted by Gasteiger charge is -2.19. The minimum absolute atomic E-state index is 0.0987. The van der Waals surface area contributed by atoms with Crippen LogP contribution in [-0.4, -0.2) is 10.6 Å². The van der Waals surface area contributed by atoms with E-state index in [0.717, 1.165) is 35.2 Å². The Morgan fingerprint density at radius 3 is 2.20 bits per heavy atom. The largest absolute Gasteiger partial charge is 0.409 e. The highest BCUT2D eigenvalue weighted by molar-refractivity contribution is 6.05. The van der Waals surface area contributed by atoms with E-state index in [4.69, 9.17) is 4.84 Å². The lowest BCUT2D eigenvalue weighted by molar-refractivity contribution is 0.0844. The van der Waals surface area contributed by atoms with Crippen LogP contribution in [0.3, 0.4) is 0 Å². The van der Waals surface area contributed by atoms with Crippen molar-refractivity contribution in [3.63, 3.8) is 0 Å². The van der Waals surface area contributed by atoms with Gasteiger partial charge in [0.25, 0.3) is 5.91 Å². The molecule has 0 fully saturated rings. The van der Waals surface area contributed by atoms with Gasteiger partial charge in [-0.05, 0) is 43.4 Å². The van der Waals surface area contributed by atoms with Crippen LogP contribution in [0.15, 0.2) is 59.4 Å². The number of para-hydroxylation sites is 1. The van der Waals surface area contributed by atoms with Crippen LogP contribution in [0.2, 0.25) is 0 Å². The maximum absolute atomic E-state index is 13.1. The Morgan fingerprint density at radius 2 is 1.60 bits per heavy atom. The molecule has 0 atom stereocenters. The van der Waals surface area contributed by atoms with E-state index in [0.29, 0.717) is 18.0 Å². The number of amides is 1. The van der Waals surface area contributed by atoms with Crippen molar-refractivity contribution in [1.29, 1.82) is 0 Å². The minimum Gasteiger partial charge on any atom is -0.409 e. The molecular formula is C25H28N2O3. The first-order chi connectivity index (χ1) is 14.5. The standard InChI is InChI=1S/C25H28N2O3/c1-5-20-13-10-14-21(6-2)24(20)26-25(29)23-18(4)27(17(3)15-22(23)28)30-16-19-11-8-7-9-12-19/h7-15H,5-6,16H2,1-4H3,(H,26,29). The third-order valence-corrected chi connectivity index (χ3v) is 5.24. The molecule has 1 aromatic heterocycles. The summed E-state index contributed by atoms with van der Waals surface area (Å²) in [4.78, 5) is 31.8. The number of benzene rings is 2. The monoisotopic (exact) mass is 404 g/mol. The van der Waals surface area contributed by atoms with Crippen LogP contribution >= 0.6 is 0 Å². The molecule has 3 rings (SSSR count). The van der Waals surface area contributed by atoms with Crippen molar-refractivity contribution >= 4 is 11.6 Å². The highest BCUT2D eigenvalue weighted by Gasteiger charge is 2.20. The fourth-order valence-corrected chi connectivity index (χ4v) is 3.63. The van der Waals surface area contributed by atoms with Crippen LogP contribution in [0.25, 0.3) is 0 Å². The smallest absolute Gasteiger partial charge is 0.261 e. The second-order valence-electron chi connectivity index (χ2n) is 7.28. The number of aromatic nitrogens is 1. The third-order valence-electron chi connectivity index (χ3n) is 5.24. The van der Waals surface area contributed by atoms with E-state index in [9.17, 15) is 9.59 Å². The lowest BCUT2D eigenvalue weighted by Crippen LogP contribution is -2.29. The summed E-state index contributed by atoms with van der Waals surface area (Å²) in [6.07, 6.45) is 1.58. The molecule has 0 saturated carbocycles. The van der Waals surface area contributed by atoms with Crippen molar-refractivity contribution in [1.82, 2.24) is 4.73 Å². The first-order valence-corrected chi connectivity index (χ1v) is 10.3. The molecule has 1 amide bonds. The second-order valence-corrected chi connectivity index (χ2v) is 7.28. The topological polar surface area (TPSA) is 60.3 Å². The third kappa shape index (κ3) is 4.46. The van der Waals surface area contributed by atoms with Gasteiger partial charge in [-0.3, -0.25) is 9.59 Å². The minimum atomic E-state index is -0.412. The summed E-state index contributed by atoms with van der Waals surface area (Å²) < 4.78 is 1.57. The zero-order chi connectivity index (χ0) is 21.7. The number of pyridine rings is 1.